The molecule has 0 bridgehead atoms. The third-order valence-corrected chi connectivity index (χ3v) is 11.7. The molecule has 2 aromatic heterocycles. The largest absolute Gasteiger partial charge is 0.213 e. The lowest BCUT2D eigenvalue weighted by Crippen LogP contribution is -2.04. The average molecular weight is 881 g/mol. The third-order valence-electron chi connectivity index (χ3n) is 11.0. The topological polar surface area (TPSA) is 77.3 Å². The summed E-state index contributed by atoms with van der Waals surface area (Å²) in [5, 5.41) is 8.97. The number of nitrogens with zero attached hydrogens (tertiary/aromatic N) is 6. The standard InChI is InChI=1S/C53H33IN6/c54-43-27-25-38(26-28-43)49-58-52(45-17-7-14-36-11-5-6-16-44(36)45)60-53(59-49)46-18-8-15-37-20-19-33(29-47(37)46)30-48-55-50(41-23-21-34-9-1-3-12-39(34)31-41)57-51(56-48)42-24-22-35-10-2-4-13-40(35)32-42/h1-29,31-32H,30H2. The van der Waals surface area contributed by atoms with E-state index in [0.29, 0.717) is 41.4 Å². The number of rotatable bonds is 7. The molecule has 6 nitrogen and oxygen atoms in total. The Morgan fingerprint density at radius 1 is 0.317 bits per heavy atom. The summed E-state index contributed by atoms with van der Waals surface area (Å²) >= 11 is 2.33. The van der Waals surface area contributed by atoms with Crippen molar-refractivity contribution in [2.24, 2.45) is 0 Å². The van der Waals surface area contributed by atoms with Crippen LogP contribution in [0.4, 0.5) is 0 Å². The molecule has 11 rings (SSSR count). The van der Waals surface area contributed by atoms with Gasteiger partial charge in [0.25, 0.3) is 0 Å². The molecule has 0 N–H and O–H groups in total. The molecule has 0 atom stereocenters. The van der Waals surface area contributed by atoms with Gasteiger partial charge in [0.15, 0.2) is 29.1 Å². The monoisotopic (exact) mass is 880 g/mol. The van der Waals surface area contributed by atoms with Crippen LogP contribution in [0.25, 0.3) is 100 Å². The minimum Gasteiger partial charge on any atom is -0.213 e. The molecule has 0 spiro atoms. The van der Waals surface area contributed by atoms with Crippen LogP contribution in [0, 0.1) is 3.57 Å². The zero-order chi connectivity index (χ0) is 40.0. The molecule has 0 radical (unpaired) electrons. The number of benzene rings is 9. The van der Waals surface area contributed by atoms with Gasteiger partial charge >= 0.3 is 0 Å². The van der Waals surface area contributed by atoms with E-state index in [4.69, 9.17) is 29.9 Å². The molecule has 60 heavy (non-hydrogen) atoms. The molecule has 7 heteroatoms. The summed E-state index contributed by atoms with van der Waals surface area (Å²) in [6.07, 6.45) is 0.500. The van der Waals surface area contributed by atoms with Crippen molar-refractivity contribution >= 4 is 65.7 Å². The minimum absolute atomic E-state index is 0.500. The van der Waals surface area contributed by atoms with Gasteiger partial charge in [0.2, 0.25) is 0 Å². The molecule has 0 unspecified atom stereocenters. The van der Waals surface area contributed by atoms with Crippen LogP contribution in [0.1, 0.15) is 11.4 Å². The molecule has 0 aliphatic carbocycles. The summed E-state index contributed by atoms with van der Waals surface area (Å²) in [6.45, 7) is 0. The average Bonchev–Trinajstić information content (AvgIpc) is 3.31. The predicted molar refractivity (Wildman–Crippen MR) is 252 cm³/mol. The number of halogens is 1. The van der Waals surface area contributed by atoms with Crippen LogP contribution >= 0.6 is 22.6 Å². The van der Waals surface area contributed by atoms with Crippen LogP contribution < -0.4 is 0 Å². The zero-order valence-electron chi connectivity index (χ0n) is 32.2. The lowest BCUT2D eigenvalue weighted by molar-refractivity contribution is 0.934. The van der Waals surface area contributed by atoms with Gasteiger partial charge in [-0.3, -0.25) is 0 Å². The Morgan fingerprint density at radius 3 is 1.40 bits per heavy atom. The van der Waals surface area contributed by atoms with E-state index in [-0.39, 0.29) is 0 Å². The van der Waals surface area contributed by atoms with Gasteiger partial charge in [0, 0.05) is 37.8 Å². The SMILES string of the molecule is Ic1ccc(-c2nc(-c3cccc4ccccc34)nc(-c3cccc4ccc(Cc5nc(-c6ccc7ccccc7c6)nc(-c6ccc7ccccc7c6)n5)cc34)n2)cc1. The Bertz CT molecular complexity index is 3330. The van der Waals surface area contributed by atoms with Gasteiger partial charge < -0.3 is 0 Å². The second-order valence-corrected chi connectivity index (χ2v) is 16.1. The van der Waals surface area contributed by atoms with Gasteiger partial charge in [-0.25, -0.2) is 29.9 Å². The Hall–Kier alpha value is -7.23. The first-order valence-electron chi connectivity index (χ1n) is 19.8. The van der Waals surface area contributed by atoms with E-state index in [9.17, 15) is 0 Å². The quantitative estimate of drug-likeness (QED) is 0.148. The first kappa shape index (κ1) is 35.9. The second kappa shape index (κ2) is 15.2. The molecule has 0 amide bonds. The highest BCUT2D eigenvalue weighted by Gasteiger charge is 2.18. The highest BCUT2D eigenvalue weighted by atomic mass is 127. The van der Waals surface area contributed by atoms with Crippen molar-refractivity contribution < 1.29 is 0 Å². The molecule has 9 aromatic carbocycles. The fraction of sp³-hybridized carbons (Fsp3) is 0.0189. The molecular formula is C53H33IN6. The number of fused-ring (bicyclic) bond motifs is 4. The molecule has 0 saturated heterocycles. The van der Waals surface area contributed by atoms with Crippen molar-refractivity contribution in [3.8, 4) is 56.9 Å². The fourth-order valence-corrected chi connectivity index (χ4v) is 8.35. The maximum absolute atomic E-state index is 5.21. The van der Waals surface area contributed by atoms with Gasteiger partial charge in [-0.15, -0.1) is 0 Å². The molecule has 0 fully saturated rings. The molecule has 11 aromatic rings. The van der Waals surface area contributed by atoms with E-state index in [1.54, 1.807) is 0 Å². The second-order valence-electron chi connectivity index (χ2n) is 14.9. The highest BCUT2D eigenvalue weighted by Crippen LogP contribution is 2.34. The van der Waals surface area contributed by atoms with E-state index >= 15 is 0 Å². The molecule has 282 valence electrons. The third kappa shape index (κ3) is 6.92. The van der Waals surface area contributed by atoms with Crippen LogP contribution in [0.15, 0.2) is 188 Å². The Morgan fingerprint density at radius 2 is 0.767 bits per heavy atom. The van der Waals surface area contributed by atoms with E-state index < -0.39 is 0 Å². The van der Waals surface area contributed by atoms with E-state index in [0.717, 1.165) is 69.3 Å². The summed E-state index contributed by atoms with van der Waals surface area (Å²) in [5.74, 6) is 3.84. The Labute approximate surface area is 359 Å². The van der Waals surface area contributed by atoms with Gasteiger partial charge in [-0.1, -0.05) is 158 Å². The van der Waals surface area contributed by atoms with Crippen LogP contribution in [-0.2, 0) is 6.42 Å². The molecular weight excluding hydrogens is 848 g/mol. The van der Waals surface area contributed by atoms with Gasteiger partial charge in [0.05, 0.1) is 0 Å². The smallest absolute Gasteiger partial charge is 0.164 e. The van der Waals surface area contributed by atoms with Crippen molar-refractivity contribution in [2.45, 2.75) is 6.42 Å². The van der Waals surface area contributed by atoms with E-state index in [1.807, 2.05) is 0 Å². The zero-order valence-corrected chi connectivity index (χ0v) is 34.3. The number of aromatic nitrogens is 6. The van der Waals surface area contributed by atoms with Crippen LogP contribution in [0.3, 0.4) is 0 Å². The fourth-order valence-electron chi connectivity index (χ4n) is 7.99. The van der Waals surface area contributed by atoms with Crippen molar-refractivity contribution in [3.63, 3.8) is 0 Å². The lowest BCUT2D eigenvalue weighted by Gasteiger charge is -2.13. The minimum atomic E-state index is 0.500. The molecule has 0 aliphatic rings. The Kier molecular flexibility index (Phi) is 9.08. The molecule has 0 saturated carbocycles. The van der Waals surface area contributed by atoms with Crippen molar-refractivity contribution in [2.75, 3.05) is 0 Å². The van der Waals surface area contributed by atoms with E-state index in [2.05, 4.69) is 211 Å². The highest BCUT2D eigenvalue weighted by molar-refractivity contribution is 14.1. The van der Waals surface area contributed by atoms with Gasteiger partial charge in [0.1, 0.15) is 5.82 Å². The summed E-state index contributed by atoms with van der Waals surface area (Å²) < 4.78 is 1.15. The first-order valence-corrected chi connectivity index (χ1v) is 20.9. The Balaban J connectivity index is 1.04. The molecule has 0 aliphatic heterocycles. The maximum Gasteiger partial charge on any atom is 0.164 e. The summed E-state index contributed by atoms with van der Waals surface area (Å²) in [7, 11) is 0. The van der Waals surface area contributed by atoms with E-state index in [1.165, 1.54) is 10.8 Å². The van der Waals surface area contributed by atoms with Crippen LogP contribution in [0.2, 0.25) is 0 Å². The summed E-state index contributed by atoms with van der Waals surface area (Å²) in [5.41, 5.74) is 5.77. The lowest BCUT2D eigenvalue weighted by atomic mass is 9.99. The number of hydrogen-bond donors (Lipinski definition) is 0. The normalized spacial score (nSPS) is 11.5. The maximum atomic E-state index is 5.21. The van der Waals surface area contributed by atoms with Crippen molar-refractivity contribution in [1.29, 1.82) is 0 Å². The summed E-state index contributed by atoms with van der Waals surface area (Å²) in [6, 6.07) is 65.3. The number of hydrogen-bond acceptors (Lipinski definition) is 6. The van der Waals surface area contributed by atoms with Crippen LogP contribution in [0.5, 0.6) is 0 Å². The van der Waals surface area contributed by atoms with Crippen LogP contribution in [-0.4, -0.2) is 29.9 Å². The van der Waals surface area contributed by atoms with Crippen molar-refractivity contribution in [3.05, 3.63) is 203 Å². The van der Waals surface area contributed by atoms with Crippen molar-refractivity contribution in [1.82, 2.24) is 29.9 Å². The van der Waals surface area contributed by atoms with Gasteiger partial charge in [-0.05, 0) is 102 Å². The predicted octanol–water partition coefficient (Wildman–Crippen LogP) is 13.2. The summed E-state index contributed by atoms with van der Waals surface area (Å²) in [4.78, 5) is 30.8. The van der Waals surface area contributed by atoms with Gasteiger partial charge in [-0.2, -0.15) is 0 Å². The first-order chi connectivity index (χ1) is 29.6. The molecule has 2 heterocycles.